The molecule has 0 saturated carbocycles. The third-order valence-electron chi connectivity index (χ3n) is 2.50. The molecule has 3 heteroatoms. The molecule has 15 heavy (non-hydrogen) atoms. The molecule has 0 fully saturated rings. The van der Waals surface area contributed by atoms with Crippen LogP contribution in [0.25, 0.3) is 10.4 Å². The third kappa shape index (κ3) is 2.25. The molecule has 2 aromatic heterocycles. The number of hydrogen-bond donors (Lipinski definition) is 1. The fraction of sp³-hybridized carbons (Fsp3) is 0.250. The van der Waals surface area contributed by atoms with Crippen molar-refractivity contribution in [2.24, 2.45) is 0 Å². The van der Waals surface area contributed by atoms with E-state index in [0.717, 1.165) is 0 Å². The summed E-state index contributed by atoms with van der Waals surface area (Å²) in [7, 11) is 1.96. The predicted octanol–water partition coefficient (Wildman–Crippen LogP) is 3.09. The van der Waals surface area contributed by atoms with Crippen LogP contribution in [-0.2, 0) is 0 Å². The van der Waals surface area contributed by atoms with Crippen LogP contribution in [0.4, 0.5) is 0 Å². The third-order valence-corrected chi connectivity index (χ3v) is 3.42. The summed E-state index contributed by atoms with van der Waals surface area (Å²) < 4.78 is 0. The van der Waals surface area contributed by atoms with Crippen molar-refractivity contribution in [3.8, 4) is 10.4 Å². The Kier molecular flexibility index (Phi) is 3.14. The molecule has 2 nitrogen and oxygen atoms in total. The van der Waals surface area contributed by atoms with Crippen molar-refractivity contribution < 1.29 is 0 Å². The fourth-order valence-corrected chi connectivity index (χ4v) is 2.15. The van der Waals surface area contributed by atoms with E-state index in [2.05, 4.69) is 40.8 Å². The number of rotatable bonds is 3. The van der Waals surface area contributed by atoms with Gasteiger partial charge >= 0.3 is 0 Å². The number of thiophene rings is 1. The number of nitrogens with one attached hydrogen (secondary N) is 1. The Hall–Kier alpha value is -1.19. The van der Waals surface area contributed by atoms with Crippen LogP contribution in [0.2, 0.25) is 0 Å². The molecule has 2 rings (SSSR count). The van der Waals surface area contributed by atoms with Gasteiger partial charge in [0.1, 0.15) is 0 Å². The molecule has 0 aliphatic carbocycles. The molecule has 0 aliphatic rings. The highest BCUT2D eigenvalue weighted by atomic mass is 32.1. The molecule has 78 valence electrons. The molecule has 0 bridgehead atoms. The zero-order valence-corrected chi connectivity index (χ0v) is 9.71. The van der Waals surface area contributed by atoms with Gasteiger partial charge in [-0.2, -0.15) is 0 Å². The standard InChI is InChI=1S/C12H14N2S/c1-9(13-2)10-6-11(8-14-7-10)12-4-3-5-15-12/h3-9,13H,1-2H3. The fourth-order valence-electron chi connectivity index (χ4n) is 1.44. The van der Waals surface area contributed by atoms with Crippen LogP contribution in [0.3, 0.4) is 0 Å². The molecule has 2 heterocycles. The van der Waals surface area contributed by atoms with E-state index >= 15 is 0 Å². The average Bonchev–Trinajstić information content (AvgIpc) is 2.82. The van der Waals surface area contributed by atoms with Crippen molar-refractivity contribution in [3.63, 3.8) is 0 Å². The highest BCUT2D eigenvalue weighted by Gasteiger charge is 2.05. The Morgan fingerprint density at radius 2 is 2.27 bits per heavy atom. The summed E-state index contributed by atoms with van der Waals surface area (Å²) in [4.78, 5) is 5.55. The second-order valence-electron chi connectivity index (χ2n) is 3.49. The van der Waals surface area contributed by atoms with Gasteiger partial charge in [0, 0.05) is 28.9 Å². The van der Waals surface area contributed by atoms with E-state index in [1.165, 1.54) is 16.0 Å². The van der Waals surface area contributed by atoms with Crippen LogP contribution in [0, 0.1) is 0 Å². The van der Waals surface area contributed by atoms with Crippen LogP contribution in [0.15, 0.2) is 36.0 Å². The Morgan fingerprint density at radius 3 is 2.93 bits per heavy atom. The van der Waals surface area contributed by atoms with Gasteiger partial charge in [0.2, 0.25) is 0 Å². The number of aromatic nitrogens is 1. The second kappa shape index (κ2) is 4.55. The monoisotopic (exact) mass is 218 g/mol. The summed E-state index contributed by atoms with van der Waals surface area (Å²) in [5.41, 5.74) is 2.42. The molecular weight excluding hydrogens is 204 g/mol. The van der Waals surface area contributed by atoms with Gasteiger partial charge in [-0.25, -0.2) is 0 Å². The van der Waals surface area contributed by atoms with E-state index < -0.39 is 0 Å². The van der Waals surface area contributed by atoms with Crippen molar-refractivity contribution >= 4 is 11.3 Å². The minimum Gasteiger partial charge on any atom is -0.313 e. The van der Waals surface area contributed by atoms with Crippen molar-refractivity contribution in [2.75, 3.05) is 7.05 Å². The number of nitrogens with zero attached hydrogens (tertiary/aromatic N) is 1. The summed E-state index contributed by atoms with van der Waals surface area (Å²) in [6.45, 7) is 2.13. The van der Waals surface area contributed by atoms with Crippen molar-refractivity contribution in [1.82, 2.24) is 10.3 Å². The first-order chi connectivity index (χ1) is 7.31. The Balaban J connectivity index is 2.35. The Labute approximate surface area is 94.0 Å². The molecule has 0 amide bonds. The SMILES string of the molecule is CNC(C)c1cncc(-c2cccs2)c1. The molecule has 1 N–H and O–H groups in total. The normalized spacial score (nSPS) is 12.7. The molecule has 0 spiro atoms. The molecule has 0 aliphatic heterocycles. The van der Waals surface area contributed by atoms with Crippen LogP contribution in [0.1, 0.15) is 18.5 Å². The van der Waals surface area contributed by atoms with Crippen LogP contribution in [0.5, 0.6) is 0 Å². The summed E-state index contributed by atoms with van der Waals surface area (Å²) in [5.74, 6) is 0. The maximum Gasteiger partial charge on any atom is 0.0358 e. The van der Waals surface area contributed by atoms with Crippen LogP contribution in [-0.4, -0.2) is 12.0 Å². The maximum atomic E-state index is 4.28. The summed E-state index contributed by atoms with van der Waals surface area (Å²) in [5, 5.41) is 5.30. The van der Waals surface area contributed by atoms with Gasteiger partial charge in [0.05, 0.1) is 0 Å². The topological polar surface area (TPSA) is 24.9 Å². The Morgan fingerprint density at radius 1 is 1.40 bits per heavy atom. The summed E-state index contributed by atoms with van der Waals surface area (Å²) in [6, 6.07) is 6.72. The van der Waals surface area contributed by atoms with Gasteiger partial charge in [-0.05, 0) is 37.0 Å². The zero-order chi connectivity index (χ0) is 10.7. The first-order valence-corrected chi connectivity index (χ1v) is 5.85. The van der Waals surface area contributed by atoms with Gasteiger partial charge < -0.3 is 5.32 Å². The van der Waals surface area contributed by atoms with E-state index in [1.807, 2.05) is 19.4 Å². The van der Waals surface area contributed by atoms with E-state index in [1.54, 1.807) is 11.3 Å². The molecule has 0 radical (unpaired) electrons. The predicted molar refractivity (Wildman–Crippen MR) is 65.0 cm³/mol. The summed E-state index contributed by atoms with van der Waals surface area (Å²) in [6.07, 6.45) is 3.83. The smallest absolute Gasteiger partial charge is 0.0358 e. The lowest BCUT2D eigenvalue weighted by Crippen LogP contribution is -2.12. The lowest BCUT2D eigenvalue weighted by atomic mass is 10.1. The molecule has 1 atom stereocenters. The summed E-state index contributed by atoms with van der Waals surface area (Å²) >= 11 is 1.74. The molecule has 1 unspecified atom stereocenters. The van der Waals surface area contributed by atoms with Crippen LogP contribution < -0.4 is 5.32 Å². The van der Waals surface area contributed by atoms with E-state index in [0.29, 0.717) is 6.04 Å². The quantitative estimate of drug-likeness (QED) is 0.856. The first-order valence-electron chi connectivity index (χ1n) is 4.97. The lowest BCUT2D eigenvalue weighted by Gasteiger charge is -2.10. The van der Waals surface area contributed by atoms with Gasteiger partial charge in [0.25, 0.3) is 0 Å². The highest BCUT2D eigenvalue weighted by molar-refractivity contribution is 7.13. The van der Waals surface area contributed by atoms with Crippen molar-refractivity contribution in [3.05, 3.63) is 41.5 Å². The van der Waals surface area contributed by atoms with Gasteiger partial charge in [-0.15, -0.1) is 11.3 Å². The lowest BCUT2D eigenvalue weighted by molar-refractivity contribution is 0.650. The maximum absolute atomic E-state index is 4.28. The molecular formula is C12H14N2S. The largest absolute Gasteiger partial charge is 0.313 e. The van der Waals surface area contributed by atoms with E-state index in [9.17, 15) is 0 Å². The van der Waals surface area contributed by atoms with Crippen molar-refractivity contribution in [2.45, 2.75) is 13.0 Å². The van der Waals surface area contributed by atoms with E-state index in [4.69, 9.17) is 0 Å². The van der Waals surface area contributed by atoms with E-state index in [-0.39, 0.29) is 0 Å². The Bertz CT molecular complexity index is 423. The molecule has 0 saturated heterocycles. The minimum atomic E-state index is 0.345. The van der Waals surface area contributed by atoms with Crippen molar-refractivity contribution in [1.29, 1.82) is 0 Å². The molecule has 0 aromatic carbocycles. The minimum absolute atomic E-state index is 0.345. The zero-order valence-electron chi connectivity index (χ0n) is 8.90. The number of hydrogen-bond acceptors (Lipinski definition) is 3. The average molecular weight is 218 g/mol. The number of pyridine rings is 1. The first kappa shape index (κ1) is 10.3. The molecule has 2 aromatic rings. The highest BCUT2D eigenvalue weighted by Crippen LogP contribution is 2.25. The van der Waals surface area contributed by atoms with Gasteiger partial charge in [-0.1, -0.05) is 6.07 Å². The van der Waals surface area contributed by atoms with Crippen LogP contribution >= 0.6 is 11.3 Å². The van der Waals surface area contributed by atoms with Gasteiger partial charge in [0.15, 0.2) is 0 Å². The van der Waals surface area contributed by atoms with Gasteiger partial charge in [-0.3, -0.25) is 4.98 Å². The second-order valence-corrected chi connectivity index (χ2v) is 4.44.